The number of hydrogen-bond acceptors (Lipinski definition) is 5. The van der Waals surface area contributed by atoms with Crippen molar-refractivity contribution in [1.29, 1.82) is 0 Å². The third-order valence-electron chi connectivity index (χ3n) is 2.38. The second kappa shape index (κ2) is 5.42. The van der Waals surface area contributed by atoms with Gasteiger partial charge in [0.25, 0.3) is 0 Å². The molecule has 2 aromatic rings. The van der Waals surface area contributed by atoms with Gasteiger partial charge in [-0.25, -0.2) is 4.79 Å². The lowest BCUT2D eigenvalue weighted by Gasteiger charge is -2.13. The molecule has 0 amide bonds. The molecule has 0 saturated heterocycles. The van der Waals surface area contributed by atoms with Crippen LogP contribution in [0.15, 0.2) is 35.1 Å². The summed E-state index contributed by atoms with van der Waals surface area (Å²) in [7, 11) is 1.91. The van der Waals surface area contributed by atoms with Gasteiger partial charge in [-0.3, -0.25) is 9.88 Å². The van der Waals surface area contributed by atoms with Gasteiger partial charge >= 0.3 is 5.97 Å². The first kappa shape index (κ1) is 12.3. The normalized spacial score (nSPS) is 10.8. The fraction of sp³-hybridized carbons (Fsp3) is 0.250. The highest BCUT2D eigenvalue weighted by molar-refractivity contribution is 5.85. The molecule has 0 radical (unpaired) electrons. The van der Waals surface area contributed by atoms with Crippen molar-refractivity contribution in [2.45, 2.75) is 13.1 Å². The van der Waals surface area contributed by atoms with Crippen molar-refractivity contribution in [3.05, 3.63) is 47.6 Å². The van der Waals surface area contributed by atoms with Gasteiger partial charge in [-0.15, -0.1) is 0 Å². The minimum absolute atomic E-state index is 0.0697. The third kappa shape index (κ3) is 3.14. The minimum Gasteiger partial charge on any atom is -0.476 e. The van der Waals surface area contributed by atoms with E-state index in [4.69, 9.17) is 9.63 Å². The molecule has 2 aromatic heterocycles. The second-order valence-electron chi connectivity index (χ2n) is 4.02. The molecule has 0 atom stereocenters. The molecule has 0 aliphatic carbocycles. The molecule has 18 heavy (non-hydrogen) atoms. The van der Waals surface area contributed by atoms with Crippen LogP contribution in [0.3, 0.4) is 0 Å². The quantitative estimate of drug-likeness (QED) is 0.860. The molecule has 94 valence electrons. The zero-order valence-electron chi connectivity index (χ0n) is 9.91. The van der Waals surface area contributed by atoms with Crippen molar-refractivity contribution in [2.75, 3.05) is 7.05 Å². The average molecular weight is 247 g/mol. The molecule has 0 spiro atoms. The molecule has 6 nitrogen and oxygen atoms in total. The van der Waals surface area contributed by atoms with Crippen LogP contribution < -0.4 is 0 Å². The Morgan fingerprint density at radius 1 is 1.50 bits per heavy atom. The summed E-state index contributed by atoms with van der Waals surface area (Å²) >= 11 is 0. The maximum atomic E-state index is 10.6. The lowest BCUT2D eigenvalue weighted by atomic mass is 10.2. The van der Waals surface area contributed by atoms with Crippen molar-refractivity contribution in [3.8, 4) is 0 Å². The second-order valence-corrected chi connectivity index (χ2v) is 4.02. The third-order valence-corrected chi connectivity index (χ3v) is 2.38. The molecule has 0 unspecified atom stereocenters. The molecule has 0 aliphatic heterocycles. The van der Waals surface area contributed by atoms with Gasteiger partial charge in [0, 0.05) is 25.0 Å². The van der Waals surface area contributed by atoms with Gasteiger partial charge in [-0.05, 0) is 18.7 Å². The summed E-state index contributed by atoms with van der Waals surface area (Å²) in [6.45, 7) is 1.20. The zero-order chi connectivity index (χ0) is 13.0. The Morgan fingerprint density at radius 3 is 2.94 bits per heavy atom. The smallest absolute Gasteiger partial charge is 0.358 e. The Morgan fingerprint density at radius 2 is 2.33 bits per heavy atom. The van der Waals surface area contributed by atoms with Crippen molar-refractivity contribution in [3.63, 3.8) is 0 Å². The number of carboxylic acid groups (broad SMARTS) is 1. The van der Waals surface area contributed by atoms with E-state index < -0.39 is 5.97 Å². The van der Waals surface area contributed by atoms with Crippen LogP contribution in [-0.4, -0.2) is 33.2 Å². The molecule has 0 fully saturated rings. The summed E-state index contributed by atoms with van der Waals surface area (Å²) in [6.07, 6.45) is 3.51. The summed E-state index contributed by atoms with van der Waals surface area (Å²) < 4.78 is 4.95. The van der Waals surface area contributed by atoms with E-state index in [9.17, 15) is 4.79 Å². The van der Waals surface area contributed by atoms with Crippen LogP contribution in [0, 0.1) is 0 Å². The first-order valence-electron chi connectivity index (χ1n) is 5.41. The van der Waals surface area contributed by atoms with Gasteiger partial charge in [-0.2, -0.15) is 0 Å². The van der Waals surface area contributed by atoms with Gasteiger partial charge in [-0.1, -0.05) is 11.2 Å². The SMILES string of the molecule is CN(Cc1cccnc1)Cc1cc(C(=O)O)no1. The lowest BCUT2D eigenvalue weighted by Crippen LogP contribution is -2.16. The van der Waals surface area contributed by atoms with E-state index in [0.29, 0.717) is 18.8 Å². The maximum Gasteiger partial charge on any atom is 0.358 e. The van der Waals surface area contributed by atoms with Crippen molar-refractivity contribution >= 4 is 5.97 Å². The van der Waals surface area contributed by atoms with Crippen LogP contribution in [-0.2, 0) is 13.1 Å². The minimum atomic E-state index is -1.08. The summed E-state index contributed by atoms with van der Waals surface area (Å²) in [6, 6.07) is 5.29. The zero-order valence-corrected chi connectivity index (χ0v) is 9.91. The van der Waals surface area contributed by atoms with Crippen molar-refractivity contribution in [2.24, 2.45) is 0 Å². The molecule has 0 bridgehead atoms. The molecule has 2 heterocycles. The van der Waals surface area contributed by atoms with E-state index >= 15 is 0 Å². The van der Waals surface area contributed by atoms with Gasteiger partial charge in [0.15, 0.2) is 11.5 Å². The Balaban J connectivity index is 1.94. The summed E-state index contributed by atoms with van der Waals surface area (Å²) in [5.41, 5.74) is 1.01. The molecule has 0 aliphatic rings. The summed E-state index contributed by atoms with van der Waals surface area (Å²) in [4.78, 5) is 16.7. The highest BCUT2D eigenvalue weighted by atomic mass is 16.5. The largest absolute Gasteiger partial charge is 0.476 e. The molecule has 0 aromatic carbocycles. The summed E-state index contributed by atoms with van der Waals surface area (Å²) in [5.74, 6) is -0.557. The Bertz CT molecular complexity index is 524. The van der Waals surface area contributed by atoms with E-state index in [1.807, 2.05) is 24.1 Å². The van der Waals surface area contributed by atoms with Gasteiger partial charge in [0.1, 0.15) is 0 Å². The highest BCUT2D eigenvalue weighted by Gasteiger charge is 2.12. The maximum absolute atomic E-state index is 10.6. The standard InChI is InChI=1S/C12H13N3O3/c1-15(7-9-3-2-4-13-6-9)8-10-5-11(12(16)17)14-18-10/h2-6H,7-8H2,1H3,(H,16,17). The number of carboxylic acids is 1. The van der Waals surface area contributed by atoms with E-state index in [0.717, 1.165) is 5.56 Å². The molecular weight excluding hydrogens is 234 g/mol. The van der Waals surface area contributed by atoms with Gasteiger partial charge < -0.3 is 9.63 Å². The predicted octanol–water partition coefficient (Wildman–Crippen LogP) is 1.40. The van der Waals surface area contributed by atoms with Crippen LogP contribution in [0.4, 0.5) is 0 Å². The molecule has 6 heteroatoms. The Kier molecular flexibility index (Phi) is 3.69. The van der Waals surface area contributed by atoms with E-state index in [2.05, 4.69) is 10.1 Å². The van der Waals surface area contributed by atoms with Gasteiger partial charge in [0.2, 0.25) is 0 Å². The van der Waals surface area contributed by atoms with Crippen molar-refractivity contribution in [1.82, 2.24) is 15.0 Å². The fourth-order valence-corrected chi connectivity index (χ4v) is 1.61. The molecule has 0 saturated carbocycles. The van der Waals surface area contributed by atoms with Crippen LogP contribution in [0.1, 0.15) is 21.8 Å². The van der Waals surface area contributed by atoms with Crippen LogP contribution in [0.25, 0.3) is 0 Å². The molecular formula is C12H13N3O3. The summed E-state index contributed by atoms with van der Waals surface area (Å²) in [5, 5.41) is 12.2. The number of aromatic carboxylic acids is 1. The predicted molar refractivity (Wildman–Crippen MR) is 62.9 cm³/mol. The monoisotopic (exact) mass is 247 g/mol. The van der Waals surface area contributed by atoms with Crippen LogP contribution in [0.2, 0.25) is 0 Å². The van der Waals surface area contributed by atoms with E-state index in [1.165, 1.54) is 6.07 Å². The highest BCUT2D eigenvalue weighted by Crippen LogP contribution is 2.09. The molecule has 2 rings (SSSR count). The Hall–Kier alpha value is -2.21. The number of pyridine rings is 1. The topological polar surface area (TPSA) is 79.5 Å². The first-order chi connectivity index (χ1) is 8.65. The van der Waals surface area contributed by atoms with Crippen molar-refractivity contribution < 1.29 is 14.4 Å². The van der Waals surface area contributed by atoms with Crippen LogP contribution in [0.5, 0.6) is 0 Å². The number of nitrogens with zero attached hydrogens (tertiary/aromatic N) is 3. The van der Waals surface area contributed by atoms with E-state index in [1.54, 1.807) is 12.4 Å². The first-order valence-corrected chi connectivity index (χ1v) is 5.41. The number of aromatic nitrogens is 2. The Labute approximate surface area is 104 Å². The number of rotatable bonds is 5. The average Bonchev–Trinajstić information content (AvgIpc) is 2.78. The molecule has 1 N–H and O–H groups in total. The fourth-order valence-electron chi connectivity index (χ4n) is 1.61. The van der Waals surface area contributed by atoms with Gasteiger partial charge in [0.05, 0.1) is 6.54 Å². The number of carbonyl (C=O) groups is 1. The number of hydrogen-bond donors (Lipinski definition) is 1. The van der Waals surface area contributed by atoms with Crippen LogP contribution >= 0.6 is 0 Å². The van der Waals surface area contributed by atoms with E-state index in [-0.39, 0.29) is 5.69 Å². The lowest BCUT2D eigenvalue weighted by molar-refractivity contribution is 0.0685.